The third-order valence-corrected chi connectivity index (χ3v) is 5.82. The standard InChI is InChI=1S/C19H20N4O3S/c1-26-14-4-2-3-13(9-14)15-10-23-16(11-27-19(23)21-15)18(25)22-7-5-12(6-8-22)17(20)24/h2-4,9-12H,5-8H2,1H3,(H2,20,24). The Morgan fingerprint density at radius 3 is 2.78 bits per heavy atom. The summed E-state index contributed by atoms with van der Waals surface area (Å²) in [5.74, 6) is 0.304. The van der Waals surface area contributed by atoms with Crippen molar-refractivity contribution >= 4 is 28.1 Å². The van der Waals surface area contributed by atoms with Gasteiger partial charge in [0.15, 0.2) is 4.96 Å². The summed E-state index contributed by atoms with van der Waals surface area (Å²) < 4.78 is 7.11. The number of aromatic nitrogens is 2. The summed E-state index contributed by atoms with van der Waals surface area (Å²) in [5.41, 5.74) is 7.70. The zero-order valence-corrected chi connectivity index (χ0v) is 15.7. The van der Waals surface area contributed by atoms with Crippen LogP contribution in [0.3, 0.4) is 0 Å². The van der Waals surface area contributed by atoms with Gasteiger partial charge >= 0.3 is 0 Å². The second-order valence-corrected chi connectivity index (χ2v) is 7.44. The average Bonchev–Trinajstić information content (AvgIpc) is 3.28. The van der Waals surface area contributed by atoms with Crippen LogP contribution < -0.4 is 10.5 Å². The number of thiazole rings is 1. The Balaban J connectivity index is 1.59. The molecule has 0 radical (unpaired) electrons. The van der Waals surface area contributed by atoms with Gasteiger partial charge in [-0.2, -0.15) is 0 Å². The number of likely N-dealkylation sites (tertiary alicyclic amines) is 1. The molecule has 7 nitrogen and oxygen atoms in total. The molecule has 1 aliphatic rings. The number of ether oxygens (including phenoxy) is 1. The van der Waals surface area contributed by atoms with Crippen LogP contribution in [0.1, 0.15) is 23.3 Å². The quantitative estimate of drug-likeness (QED) is 0.748. The van der Waals surface area contributed by atoms with Gasteiger partial charge in [-0.15, -0.1) is 11.3 Å². The first-order valence-corrected chi connectivity index (χ1v) is 9.64. The summed E-state index contributed by atoms with van der Waals surface area (Å²) in [7, 11) is 1.63. The Bertz CT molecular complexity index is 1000. The van der Waals surface area contributed by atoms with E-state index in [9.17, 15) is 9.59 Å². The largest absolute Gasteiger partial charge is 0.497 e. The van der Waals surface area contributed by atoms with E-state index in [2.05, 4.69) is 4.98 Å². The number of hydrogen-bond acceptors (Lipinski definition) is 5. The molecule has 0 aliphatic carbocycles. The molecule has 1 aromatic carbocycles. The van der Waals surface area contributed by atoms with Crippen molar-refractivity contribution in [3.8, 4) is 17.0 Å². The predicted molar refractivity (Wildman–Crippen MR) is 103 cm³/mol. The number of nitrogens with zero attached hydrogens (tertiary/aromatic N) is 3. The first-order valence-electron chi connectivity index (χ1n) is 8.76. The highest BCUT2D eigenvalue weighted by Crippen LogP contribution is 2.27. The second kappa shape index (κ2) is 7.03. The third kappa shape index (κ3) is 3.28. The lowest BCUT2D eigenvalue weighted by Crippen LogP contribution is -2.42. The minimum atomic E-state index is -0.280. The fraction of sp³-hybridized carbons (Fsp3) is 0.316. The number of primary amides is 1. The van der Waals surface area contributed by atoms with Crippen molar-refractivity contribution in [1.29, 1.82) is 0 Å². The van der Waals surface area contributed by atoms with E-state index in [1.165, 1.54) is 11.3 Å². The van der Waals surface area contributed by atoms with Crippen LogP contribution in [-0.4, -0.2) is 46.3 Å². The van der Waals surface area contributed by atoms with E-state index in [0.29, 0.717) is 31.6 Å². The highest BCUT2D eigenvalue weighted by Gasteiger charge is 2.28. The van der Waals surface area contributed by atoms with E-state index < -0.39 is 0 Å². The molecule has 140 valence electrons. The van der Waals surface area contributed by atoms with Gasteiger partial charge in [-0.05, 0) is 25.0 Å². The fourth-order valence-corrected chi connectivity index (χ4v) is 4.24. The summed E-state index contributed by atoms with van der Waals surface area (Å²) in [6.45, 7) is 1.09. The molecule has 0 bridgehead atoms. The Kier molecular flexibility index (Phi) is 4.57. The third-order valence-electron chi connectivity index (χ3n) is 4.98. The van der Waals surface area contributed by atoms with E-state index >= 15 is 0 Å². The molecule has 0 unspecified atom stereocenters. The number of rotatable bonds is 4. The van der Waals surface area contributed by atoms with Gasteiger partial charge in [0.25, 0.3) is 5.91 Å². The number of carbonyl (C=O) groups excluding carboxylic acids is 2. The molecular weight excluding hydrogens is 364 g/mol. The SMILES string of the molecule is COc1cccc(-c2cn3c(C(=O)N4CCC(C(N)=O)CC4)csc3n2)c1. The van der Waals surface area contributed by atoms with Crippen molar-refractivity contribution in [1.82, 2.24) is 14.3 Å². The molecule has 2 N–H and O–H groups in total. The second-order valence-electron chi connectivity index (χ2n) is 6.60. The van der Waals surface area contributed by atoms with Crippen molar-refractivity contribution in [2.24, 2.45) is 11.7 Å². The van der Waals surface area contributed by atoms with Gasteiger partial charge in [-0.25, -0.2) is 4.98 Å². The molecule has 3 aromatic rings. The van der Waals surface area contributed by atoms with Gasteiger partial charge < -0.3 is 15.4 Å². The molecule has 1 aliphatic heterocycles. The van der Waals surface area contributed by atoms with Crippen molar-refractivity contribution in [3.63, 3.8) is 0 Å². The normalized spacial score (nSPS) is 15.2. The molecule has 3 heterocycles. The van der Waals surface area contributed by atoms with E-state index in [0.717, 1.165) is 22.0 Å². The van der Waals surface area contributed by atoms with Crippen molar-refractivity contribution < 1.29 is 14.3 Å². The highest BCUT2D eigenvalue weighted by molar-refractivity contribution is 7.15. The van der Waals surface area contributed by atoms with E-state index in [1.807, 2.05) is 40.2 Å². The van der Waals surface area contributed by atoms with E-state index in [4.69, 9.17) is 10.5 Å². The summed E-state index contributed by atoms with van der Waals surface area (Å²) in [4.78, 5) is 31.4. The van der Waals surface area contributed by atoms with Gasteiger partial charge in [0, 0.05) is 36.1 Å². The molecule has 0 atom stereocenters. The number of methoxy groups -OCH3 is 1. The summed E-state index contributed by atoms with van der Waals surface area (Å²) in [6.07, 6.45) is 3.12. The lowest BCUT2D eigenvalue weighted by Gasteiger charge is -2.30. The topological polar surface area (TPSA) is 89.9 Å². The van der Waals surface area contributed by atoms with Gasteiger partial charge in [-0.1, -0.05) is 12.1 Å². The smallest absolute Gasteiger partial charge is 0.271 e. The Labute approximate surface area is 160 Å². The van der Waals surface area contributed by atoms with Crippen LogP contribution in [0, 0.1) is 5.92 Å². The highest BCUT2D eigenvalue weighted by atomic mass is 32.1. The maximum atomic E-state index is 12.9. The van der Waals surface area contributed by atoms with Crippen molar-refractivity contribution in [3.05, 3.63) is 41.5 Å². The molecule has 2 amide bonds. The fourth-order valence-electron chi connectivity index (χ4n) is 3.39. The number of nitrogens with two attached hydrogens (primary N) is 1. The number of hydrogen-bond donors (Lipinski definition) is 1. The maximum Gasteiger partial charge on any atom is 0.271 e. The molecular formula is C19H20N4O3S. The van der Waals surface area contributed by atoms with Crippen molar-refractivity contribution in [2.45, 2.75) is 12.8 Å². The molecule has 8 heteroatoms. The number of fused-ring (bicyclic) bond motifs is 1. The van der Waals surface area contributed by atoms with Crippen LogP contribution in [0.25, 0.3) is 16.2 Å². The molecule has 1 fully saturated rings. The zero-order valence-electron chi connectivity index (χ0n) is 14.9. The lowest BCUT2D eigenvalue weighted by molar-refractivity contribution is -0.123. The van der Waals surface area contributed by atoms with Crippen LogP contribution in [0.2, 0.25) is 0 Å². The number of piperidine rings is 1. The molecule has 2 aromatic heterocycles. The Hall–Kier alpha value is -2.87. The molecule has 4 rings (SSSR count). The Morgan fingerprint density at radius 2 is 2.07 bits per heavy atom. The van der Waals surface area contributed by atoms with Crippen LogP contribution in [-0.2, 0) is 4.79 Å². The molecule has 1 saturated heterocycles. The first-order chi connectivity index (χ1) is 13.1. The van der Waals surface area contributed by atoms with E-state index in [-0.39, 0.29) is 17.7 Å². The Morgan fingerprint density at radius 1 is 1.30 bits per heavy atom. The average molecular weight is 384 g/mol. The number of imidazole rings is 1. The number of amides is 2. The molecule has 0 spiro atoms. The van der Waals surface area contributed by atoms with Gasteiger partial charge in [0.1, 0.15) is 11.4 Å². The molecule has 27 heavy (non-hydrogen) atoms. The predicted octanol–water partition coefficient (Wildman–Crippen LogP) is 2.41. The molecule has 0 saturated carbocycles. The summed E-state index contributed by atoms with van der Waals surface area (Å²) in [6, 6.07) is 7.68. The number of benzene rings is 1. The van der Waals surface area contributed by atoms with Gasteiger partial charge in [0.2, 0.25) is 5.91 Å². The van der Waals surface area contributed by atoms with Crippen LogP contribution in [0.5, 0.6) is 5.75 Å². The maximum absolute atomic E-state index is 12.9. The van der Waals surface area contributed by atoms with E-state index in [1.54, 1.807) is 12.0 Å². The lowest BCUT2D eigenvalue weighted by atomic mass is 9.96. The van der Waals surface area contributed by atoms with Gasteiger partial charge in [-0.3, -0.25) is 14.0 Å². The summed E-state index contributed by atoms with van der Waals surface area (Å²) >= 11 is 1.44. The first kappa shape index (κ1) is 17.5. The minimum absolute atomic E-state index is 0.0428. The van der Waals surface area contributed by atoms with Gasteiger partial charge in [0.05, 0.1) is 12.8 Å². The van der Waals surface area contributed by atoms with Crippen LogP contribution in [0.4, 0.5) is 0 Å². The van der Waals surface area contributed by atoms with Crippen molar-refractivity contribution in [2.75, 3.05) is 20.2 Å². The zero-order chi connectivity index (χ0) is 19.0. The monoisotopic (exact) mass is 384 g/mol. The summed E-state index contributed by atoms with van der Waals surface area (Å²) in [5, 5.41) is 1.83. The van der Waals surface area contributed by atoms with Crippen LogP contribution in [0.15, 0.2) is 35.8 Å². The van der Waals surface area contributed by atoms with Crippen LogP contribution >= 0.6 is 11.3 Å². The minimum Gasteiger partial charge on any atom is -0.497 e. The number of carbonyl (C=O) groups is 2.